The van der Waals surface area contributed by atoms with Gasteiger partial charge >= 0.3 is 5.97 Å². The van der Waals surface area contributed by atoms with E-state index in [0.717, 1.165) is 13.1 Å². The van der Waals surface area contributed by atoms with Gasteiger partial charge in [0.05, 0.1) is 0 Å². The second-order valence-corrected chi connectivity index (χ2v) is 5.49. The Morgan fingerprint density at radius 1 is 1.32 bits per heavy atom. The highest BCUT2D eigenvalue weighted by Crippen LogP contribution is 2.28. The first-order chi connectivity index (χ1) is 9.00. The van der Waals surface area contributed by atoms with E-state index in [4.69, 9.17) is 0 Å². The van der Waals surface area contributed by atoms with E-state index in [1.165, 1.54) is 11.3 Å². The van der Waals surface area contributed by atoms with Crippen LogP contribution in [0.4, 0.5) is 5.69 Å². The maximum absolute atomic E-state index is 11.3. The van der Waals surface area contributed by atoms with Gasteiger partial charge in [-0.05, 0) is 24.6 Å². The fraction of sp³-hybridized carbons (Fsp3) is 0.533. The first-order valence-corrected chi connectivity index (χ1v) is 6.77. The van der Waals surface area contributed by atoms with Crippen LogP contribution in [-0.4, -0.2) is 48.7 Å². The van der Waals surface area contributed by atoms with Gasteiger partial charge in [-0.15, -0.1) is 0 Å². The van der Waals surface area contributed by atoms with Gasteiger partial charge in [-0.2, -0.15) is 0 Å². The number of likely N-dealkylation sites (N-methyl/N-ethyl adjacent to an activating group) is 1. The lowest BCUT2D eigenvalue weighted by molar-refractivity contribution is -0.142. The molecule has 104 valence electrons. The van der Waals surface area contributed by atoms with Crippen LogP contribution in [0.1, 0.15) is 25.3 Å². The summed E-state index contributed by atoms with van der Waals surface area (Å²) < 4.78 is 0. The average Bonchev–Trinajstić information content (AvgIpc) is 2.39. The zero-order chi connectivity index (χ0) is 14.0. The molecule has 1 heterocycles. The summed E-state index contributed by atoms with van der Waals surface area (Å²) in [5, 5.41) is 9.28. The van der Waals surface area contributed by atoms with Crippen molar-refractivity contribution in [1.82, 2.24) is 4.90 Å². The number of benzene rings is 1. The average molecular weight is 262 g/mol. The summed E-state index contributed by atoms with van der Waals surface area (Å²) in [6.07, 6.45) is 0. The Hall–Kier alpha value is -1.55. The van der Waals surface area contributed by atoms with Gasteiger partial charge in [-0.3, -0.25) is 9.69 Å². The zero-order valence-corrected chi connectivity index (χ0v) is 11.8. The fourth-order valence-electron chi connectivity index (χ4n) is 2.62. The Balaban J connectivity index is 2.25. The lowest BCUT2D eigenvalue weighted by Crippen LogP contribution is -2.55. The molecule has 0 aliphatic carbocycles. The number of aliphatic carboxylic acids is 1. The van der Waals surface area contributed by atoms with Crippen LogP contribution in [0.2, 0.25) is 0 Å². The fourth-order valence-corrected chi connectivity index (χ4v) is 2.62. The van der Waals surface area contributed by atoms with Gasteiger partial charge in [0.2, 0.25) is 0 Å². The molecule has 0 spiro atoms. The normalized spacial score (nSPS) is 20.8. The van der Waals surface area contributed by atoms with E-state index in [1.54, 1.807) is 0 Å². The van der Waals surface area contributed by atoms with Crippen molar-refractivity contribution in [3.63, 3.8) is 0 Å². The largest absolute Gasteiger partial charge is 0.480 e. The van der Waals surface area contributed by atoms with Crippen LogP contribution in [0.3, 0.4) is 0 Å². The van der Waals surface area contributed by atoms with Crippen LogP contribution in [-0.2, 0) is 4.79 Å². The lowest BCUT2D eigenvalue weighted by atomic mass is 9.99. The number of para-hydroxylation sites is 1. The predicted molar refractivity (Wildman–Crippen MR) is 76.8 cm³/mol. The molecule has 0 bridgehead atoms. The van der Waals surface area contributed by atoms with E-state index in [0.29, 0.717) is 12.5 Å². The Morgan fingerprint density at radius 3 is 2.63 bits per heavy atom. The minimum atomic E-state index is -0.741. The van der Waals surface area contributed by atoms with E-state index in [2.05, 4.69) is 30.9 Å². The molecule has 1 unspecified atom stereocenters. The van der Waals surface area contributed by atoms with E-state index >= 15 is 0 Å². The molecule has 19 heavy (non-hydrogen) atoms. The number of hydrogen-bond donors (Lipinski definition) is 1. The lowest BCUT2D eigenvalue weighted by Gasteiger charge is -2.39. The van der Waals surface area contributed by atoms with Crippen molar-refractivity contribution in [2.75, 3.05) is 31.6 Å². The summed E-state index contributed by atoms with van der Waals surface area (Å²) in [4.78, 5) is 15.4. The summed E-state index contributed by atoms with van der Waals surface area (Å²) in [6.45, 7) is 6.55. The number of rotatable bonds is 3. The van der Waals surface area contributed by atoms with Crippen molar-refractivity contribution >= 4 is 11.7 Å². The molecule has 0 radical (unpaired) electrons. The quantitative estimate of drug-likeness (QED) is 0.905. The SMILES string of the molecule is CC(C)c1ccccc1N1CCN(C)C(C(=O)O)C1. The number of hydrogen-bond acceptors (Lipinski definition) is 3. The number of carboxylic acid groups (broad SMARTS) is 1. The smallest absolute Gasteiger partial charge is 0.322 e. The Bertz CT molecular complexity index is 459. The van der Waals surface area contributed by atoms with E-state index < -0.39 is 12.0 Å². The summed E-state index contributed by atoms with van der Waals surface area (Å²) in [6, 6.07) is 7.88. The van der Waals surface area contributed by atoms with Crippen LogP contribution in [0, 0.1) is 0 Å². The van der Waals surface area contributed by atoms with E-state index in [-0.39, 0.29) is 0 Å². The maximum atomic E-state index is 11.3. The highest BCUT2D eigenvalue weighted by Gasteiger charge is 2.30. The summed E-state index contributed by atoms with van der Waals surface area (Å²) in [5.74, 6) is -0.298. The molecule has 1 aromatic carbocycles. The van der Waals surface area contributed by atoms with Crippen LogP contribution >= 0.6 is 0 Å². The molecule has 1 atom stereocenters. The molecule has 1 aliphatic heterocycles. The van der Waals surface area contributed by atoms with Gasteiger partial charge in [0.1, 0.15) is 6.04 Å². The monoisotopic (exact) mass is 262 g/mol. The molecule has 0 saturated carbocycles. The molecular weight excluding hydrogens is 240 g/mol. The van der Waals surface area contributed by atoms with Gasteiger partial charge in [-0.25, -0.2) is 0 Å². The molecule has 4 heteroatoms. The number of piperazine rings is 1. The molecule has 0 amide bonds. The number of anilines is 1. The van der Waals surface area contributed by atoms with Crippen molar-refractivity contribution in [2.45, 2.75) is 25.8 Å². The summed E-state index contributed by atoms with van der Waals surface area (Å²) in [5.41, 5.74) is 2.47. The van der Waals surface area contributed by atoms with Crippen molar-refractivity contribution < 1.29 is 9.90 Å². The second kappa shape index (κ2) is 5.61. The van der Waals surface area contributed by atoms with Crippen molar-refractivity contribution in [1.29, 1.82) is 0 Å². The van der Waals surface area contributed by atoms with Crippen LogP contribution in [0.25, 0.3) is 0 Å². The van der Waals surface area contributed by atoms with E-state index in [9.17, 15) is 9.90 Å². The Kier molecular flexibility index (Phi) is 4.10. The molecule has 1 aromatic rings. The minimum Gasteiger partial charge on any atom is -0.480 e. The van der Waals surface area contributed by atoms with Crippen molar-refractivity contribution in [2.24, 2.45) is 0 Å². The third kappa shape index (κ3) is 2.89. The maximum Gasteiger partial charge on any atom is 0.322 e. The van der Waals surface area contributed by atoms with Gasteiger partial charge in [0.15, 0.2) is 0 Å². The highest BCUT2D eigenvalue weighted by atomic mass is 16.4. The Labute approximate surface area is 114 Å². The molecule has 2 rings (SSSR count). The molecule has 1 N–H and O–H groups in total. The van der Waals surface area contributed by atoms with Gasteiger partial charge in [0, 0.05) is 25.3 Å². The summed E-state index contributed by atoms with van der Waals surface area (Å²) in [7, 11) is 1.88. The van der Waals surface area contributed by atoms with Gasteiger partial charge < -0.3 is 10.0 Å². The summed E-state index contributed by atoms with van der Waals surface area (Å²) >= 11 is 0. The number of nitrogens with zero attached hydrogens (tertiary/aromatic N) is 2. The third-order valence-corrected chi connectivity index (χ3v) is 3.83. The van der Waals surface area contributed by atoms with Crippen LogP contribution < -0.4 is 4.90 Å². The molecule has 4 nitrogen and oxygen atoms in total. The number of carboxylic acids is 1. The molecule has 1 aliphatic rings. The second-order valence-electron chi connectivity index (χ2n) is 5.49. The minimum absolute atomic E-state index is 0.422. The topological polar surface area (TPSA) is 43.8 Å². The van der Waals surface area contributed by atoms with Gasteiger partial charge in [0.25, 0.3) is 0 Å². The van der Waals surface area contributed by atoms with Crippen molar-refractivity contribution in [3.05, 3.63) is 29.8 Å². The zero-order valence-electron chi connectivity index (χ0n) is 11.8. The third-order valence-electron chi connectivity index (χ3n) is 3.83. The van der Waals surface area contributed by atoms with E-state index in [1.807, 2.05) is 24.1 Å². The Morgan fingerprint density at radius 2 is 2.00 bits per heavy atom. The van der Waals surface area contributed by atoms with Crippen LogP contribution in [0.15, 0.2) is 24.3 Å². The van der Waals surface area contributed by atoms with Gasteiger partial charge in [-0.1, -0.05) is 32.0 Å². The molecule has 0 aromatic heterocycles. The molecular formula is C15H22N2O2. The van der Waals surface area contributed by atoms with Crippen LogP contribution in [0.5, 0.6) is 0 Å². The molecule has 1 saturated heterocycles. The number of carbonyl (C=O) groups is 1. The highest BCUT2D eigenvalue weighted by molar-refractivity contribution is 5.75. The standard InChI is InChI=1S/C15H22N2O2/c1-11(2)12-6-4-5-7-13(12)17-9-8-16(3)14(10-17)15(18)19/h4-7,11,14H,8-10H2,1-3H3,(H,18,19). The van der Waals surface area contributed by atoms with Crippen molar-refractivity contribution in [3.8, 4) is 0 Å². The first kappa shape index (κ1) is 13.9. The molecule has 1 fully saturated rings. The first-order valence-electron chi connectivity index (χ1n) is 6.77. The predicted octanol–water partition coefficient (Wildman–Crippen LogP) is 2.01.